The van der Waals surface area contributed by atoms with Crippen LogP contribution in [0.3, 0.4) is 0 Å². The fraction of sp³-hybridized carbons (Fsp3) is 1.00. The van der Waals surface area contributed by atoms with Crippen molar-refractivity contribution in [1.82, 2.24) is 0 Å². The largest absolute Gasteiger partial charge is 0.394 e. The molecule has 0 aromatic carbocycles. The minimum Gasteiger partial charge on any atom is -0.394 e. The van der Waals surface area contributed by atoms with Crippen LogP contribution in [-0.4, -0.2) is 48.3 Å². The van der Waals surface area contributed by atoms with Crippen molar-refractivity contribution in [3.8, 4) is 0 Å². The van der Waals surface area contributed by atoms with E-state index in [2.05, 4.69) is 0 Å². The zero-order chi connectivity index (χ0) is 11.4. The second-order valence-corrected chi connectivity index (χ2v) is 4.87. The Labute approximate surface area is 96.6 Å². The lowest BCUT2D eigenvalue weighted by atomic mass is 9.75. The molecule has 2 aliphatic heterocycles. The molecule has 2 fully saturated rings. The number of aliphatic hydroxyl groups excluding tert-OH is 2. The van der Waals surface area contributed by atoms with Crippen LogP contribution < -0.4 is 0 Å². The Hall–Kier alpha value is -0.160. The van der Waals surface area contributed by atoms with Gasteiger partial charge in [-0.25, -0.2) is 0 Å². The van der Waals surface area contributed by atoms with Crippen molar-refractivity contribution in [2.24, 2.45) is 5.92 Å². The predicted octanol–water partition coefficient (Wildman–Crippen LogP) is 0.705. The maximum atomic E-state index is 9.64. The molecule has 4 nitrogen and oxygen atoms in total. The van der Waals surface area contributed by atoms with Gasteiger partial charge < -0.3 is 19.7 Å². The molecule has 2 N–H and O–H groups in total. The van der Waals surface area contributed by atoms with Crippen LogP contribution in [0.1, 0.15) is 32.1 Å². The van der Waals surface area contributed by atoms with Gasteiger partial charge >= 0.3 is 0 Å². The maximum absolute atomic E-state index is 9.64. The van der Waals surface area contributed by atoms with Gasteiger partial charge in [-0.3, -0.25) is 0 Å². The van der Waals surface area contributed by atoms with Crippen molar-refractivity contribution in [3.63, 3.8) is 0 Å². The Bertz CT molecular complexity index is 213. The van der Waals surface area contributed by atoms with E-state index in [1.54, 1.807) is 0 Å². The van der Waals surface area contributed by atoms with Crippen LogP contribution in [-0.2, 0) is 9.47 Å². The monoisotopic (exact) mass is 230 g/mol. The quantitative estimate of drug-likeness (QED) is 0.749. The zero-order valence-electron chi connectivity index (χ0n) is 9.73. The summed E-state index contributed by atoms with van der Waals surface area (Å²) in [6.07, 6.45) is 4.85. The van der Waals surface area contributed by atoms with E-state index >= 15 is 0 Å². The fourth-order valence-electron chi connectivity index (χ4n) is 3.03. The van der Waals surface area contributed by atoms with Crippen molar-refractivity contribution in [1.29, 1.82) is 0 Å². The summed E-state index contributed by atoms with van der Waals surface area (Å²) >= 11 is 0. The molecule has 3 unspecified atom stereocenters. The minimum atomic E-state index is -0.466. The molecule has 2 rings (SSSR count). The third kappa shape index (κ3) is 2.25. The van der Waals surface area contributed by atoms with E-state index in [1.807, 2.05) is 0 Å². The van der Waals surface area contributed by atoms with Gasteiger partial charge in [0.15, 0.2) is 0 Å². The number of aliphatic hydroxyl groups is 2. The van der Waals surface area contributed by atoms with Gasteiger partial charge in [-0.05, 0) is 32.1 Å². The van der Waals surface area contributed by atoms with E-state index in [9.17, 15) is 10.2 Å². The van der Waals surface area contributed by atoms with E-state index in [1.165, 1.54) is 0 Å². The van der Waals surface area contributed by atoms with Crippen LogP contribution in [0.25, 0.3) is 0 Å². The second-order valence-electron chi connectivity index (χ2n) is 4.87. The highest BCUT2D eigenvalue weighted by atomic mass is 16.5. The lowest BCUT2D eigenvalue weighted by Gasteiger charge is -2.46. The molecule has 16 heavy (non-hydrogen) atoms. The first-order chi connectivity index (χ1) is 7.82. The molecule has 0 aliphatic carbocycles. The summed E-state index contributed by atoms with van der Waals surface area (Å²) in [5, 5.41) is 19.0. The van der Waals surface area contributed by atoms with Crippen molar-refractivity contribution in [3.05, 3.63) is 0 Å². The van der Waals surface area contributed by atoms with Crippen LogP contribution in [0, 0.1) is 5.92 Å². The topological polar surface area (TPSA) is 58.9 Å². The molecular formula is C12H22O4. The Kier molecular flexibility index (Phi) is 4.19. The van der Waals surface area contributed by atoms with E-state index in [0.29, 0.717) is 6.61 Å². The third-order valence-corrected chi connectivity index (χ3v) is 3.95. The number of ether oxygens (including phenoxy) is 2. The highest BCUT2D eigenvalue weighted by Gasteiger charge is 2.45. The maximum Gasteiger partial charge on any atom is 0.0965 e. The summed E-state index contributed by atoms with van der Waals surface area (Å²) in [6.45, 7) is 1.49. The van der Waals surface area contributed by atoms with Crippen LogP contribution in [0.5, 0.6) is 0 Å². The van der Waals surface area contributed by atoms with Crippen molar-refractivity contribution >= 4 is 0 Å². The average molecular weight is 230 g/mol. The lowest BCUT2D eigenvalue weighted by Crippen LogP contribution is -2.54. The average Bonchev–Trinajstić information content (AvgIpc) is 2.39. The molecule has 0 aromatic rings. The van der Waals surface area contributed by atoms with Gasteiger partial charge in [0.1, 0.15) is 0 Å². The molecule has 0 radical (unpaired) electrons. The van der Waals surface area contributed by atoms with E-state index < -0.39 is 5.60 Å². The molecule has 3 atom stereocenters. The molecule has 2 aliphatic rings. The summed E-state index contributed by atoms with van der Waals surface area (Å²) in [5.74, 6) is 0.136. The van der Waals surface area contributed by atoms with E-state index in [0.717, 1.165) is 38.7 Å². The molecular weight excluding hydrogens is 208 g/mol. The van der Waals surface area contributed by atoms with Gasteiger partial charge in [0.2, 0.25) is 0 Å². The smallest absolute Gasteiger partial charge is 0.0965 e. The van der Waals surface area contributed by atoms with Crippen LogP contribution >= 0.6 is 0 Å². The first-order valence-electron chi connectivity index (χ1n) is 6.30. The normalized spacial score (nSPS) is 40.9. The standard InChI is InChI=1S/C12H22O4/c13-8-11-10(4-3-6-15-11)12(9-14)5-1-2-7-16-12/h10-11,13-14H,1-9H2. The molecule has 0 aromatic heterocycles. The summed E-state index contributed by atoms with van der Waals surface area (Å²) in [7, 11) is 0. The molecule has 4 heteroatoms. The lowest BCUT2D eigenvalue weighted by molar-refractivity contribution is -0.194. The van der Waals surface area contributed by atoms with Gasteiger partial charge in [-0.15, -0.1) is 0 Å². The zero-order valence-corrected chi connectivity index (χ0v) is 9.73. The first kappa shape index (κ1) is 12.3. The van der Waals surface area contributed by atoms with Crippen LogP contribution in [0.4, 0.5) is 0 Å². The SMILES string of the molecule is OCC1OCCCC1C1(CO)CCCCO1. The number of rotatable bonds is 3. The molecule has 94 valence electrons. The summed E-state index contributed by atoms with van der Waals surface area (Å²) in [6, 6.07) is 0. The molecule has 2 saturated heterocycles. The first-order valence-corrected chi connectivity index (χ1v) is 6.30. The molecule has 0 spiro atoms. The Morgan fingerprint density at radius 1 is 1.12 bits per heavy atom. The molecule has 2 heterocycles. The summed E-state index contributed by atoms with van der Waals surface area (Å²) < 4.78 is 11.4. The van der Waals surface area contributed by atoms with Gasteiger partial charge in [0.25, 0.3) is 0 Å². The van der Waals surface area contributed by atoms with Gasteiger partial charge in [0, 0.05) is 19.1 Å². The predicted molar refractivity (Wildman–Crippen MR) is 59.2 cm³/mol. The number of hydrogen-bond donors (Lipinski definition) is 2. The van der Waals surface area contributed by atoms with Crippen LogP contribution in [0.2, 0.25) is 0 Å². The van der Waals surface area contributed by atoms with Crippen molar-refractivity contribution in [2.75, 3.05) is 26.4 Å². The summed E-state index contributed by atoms with van der Waals surface area (Å²) in [5.41, 5.74) is -0.466. The van der Waals surface area contributed by atoms with Crippen molar-refractivity contribution < 1.29 is 19.7 Å². The fourth-order valence-corrected chi connectivity index (χ4v) is 3.03. The second kappa shape index (κ2) is 5.45. The highest BCUT2D eigenvalue weighted by molar-refractivity contribution is 4.95. The molecule has 0 saturated carbocycles. The van der Waals surface area contributed by atoms with Crippen LogP contribution in [0.15, 0.2) is 0 Å². The Balaban J connectivity index is 2.10. The Morgan fingerprint density at radius 2 is 2.00 bits per heavy atom. The Morgan fingerprint density at radius 3 is 2.62 bits per heavy atom. The van der Waals surface area contributed by atoms with E-state index in [4.69, 9.17) is 9.47 Å². The third-order valence-electron chi connectivity index (χ3n) is 3.95. The van der Waals surface area contributed by atoms with Gasteiger partial charge in [-0.1, -0.05) is 0 Å². The summed E-state index contributed by atoms with van der Waals surface area (Å²) in [4.78, 5) is 0. The highest BCUT2D eigenvalue weighted by Crippen LogP contribution is 2.39. The molecule has 0 amide bonds. The van der Waals surface area contributed by atoms with Gasteiger partial charge in [-0.2, -0.15) is 0 Å². The molecule has 0 bridgehead atoms. The van der Waals surface area contributed by atoms with Crippen molar-refractivity contribution in [2.45, 2.75) is 43.8 Å². The van der Waals surface area contributed by atoms with E-state index in [-0.39, 0.29) is 25.2 Å². The number of hydrogen-bond acceptors (Lipinski definition) is 4. The minimum absolute atomic E-state index is 0.0236. The van der Waals surface area contributed by atoms with Gasteiger partial charge in [0.05, 0.1) is 24.9 Å².